The predicted octanol–water partition coefficient (Wildman–Crippen LogP) is 8.14. The van der Waals surface area contributed by atoms with Gasteiger partial charge in [-0.3, -0.25) is 0 Å². The second kappa shape index (κ2) is 11.0. The van der Waals surface area contributed by atoms with E-state index in [-0.39, 0.29) is 42.1 Å². The van der Waals surface area contributed by atoms with Gasteiger partial charge in [0, 0.05) is 5.56 Å². The van der Waals surface area contributed by atoms with Crippen molar-refractivity contribution in [2.75, 3.05) is 13.2 Å². The Hall–Kier alpha value is -3.28. The van der Waals surface area contributed by atoms with Crippen molar-refractivity contribution in [3.05, 3.63) is 95.6 Å². The monoisotopic (exact) mass is 484 g/mol. The Morgan fingerprint density at radius 3 is 2.03 bits per heavy atom. The van der Waals surface area contributed by atoms with E-state index in [1.54, 1.807) is 24.3 Å². The minimum absolute atomic E-state index is 0.0684. The van der Waals surface area contributed by atoms with E-state index in [2.05, 4.69) is 6.58 Å². The molecule has 1 aliphatic rings. The zero-order valence-corrected chi connectivity index (χ0v) is 19.6. The van der Waals surface area contributed by atoms with Gasteiger partial charge in [-0.05, 0) is 67.7 Å². The van der Waals surface area contributed by atoms with Crippen molar-refractivity contribution in [2.45, 2.75) is 38.5 Å². The molecule has 0 aliphatic heterocycles. The molecular weight excluding hydrogens is 456 g/mol. The largest absolute Gasteiger partial charge is 0.490 e. The number of benzene rings is 3. The lowest BCUT2D eigenvalue weighted by molar-refractivity contribution is 0.191. The minimum atomic E-state index is -1.10. The van der Waals surface area contributed by atoms with Crippen LogP contribution in [0, 0.1) is 36.1 Å². The maximum Gasteiger partial charge on any atom is 0.204 e. The zero-order chi connectivity index (χ0) is 24.9. The van der Waals surface area contributed by atoms with Crippen LogP contribution in [0.4, 0.5) is 17.6 Å². The number of hydrogen-bond donors (Lipinski definition) is 0. The lowest BCUT2D eigenvalue weighted by atomic mass is 9.78. The molecule has 184 valence electrons. The highest BCUT2D eigenvalue weighted by Crippen LogP contribution is 2.39. The van der Waals surface area contributed by atoms with Gasteiger partial charge >= 0.3 is 0 Å². The highest BCUT2D eigenvalue weighted by atomic mass is 19.2. The molecule has 0 N–H and O–H groups in total. The van der Waals surface area contributed by atoms with Gasteiger partial charge in [-0.1, -0.05) is 54.6 Å². The summed E-state index contributed by atoms with van der Waals surface area (Å²) in [6.07, 6.45) is 4.21. The van der Waals surface area contributed by atoms with E-state index in [0.29, 0.717) is 24.0 Å². The minimum Gasteiger partial charge on any atom is -0.490 e. The molecule has 6 heteroatoms. The Labute approximate surface area is 203 Å². The summed E-state index contributed by atoms with van der Waals surface area (Å²) in [5.74, 6) is -4.15. The molecule has 0 aromatic heterocycles. The normalized spacial score (nSPS) is 17.7. The highest BCUT2D eigenvalue weighted by molar-refractivity contribution is 5.65. The van der Waals surface area contributed by atoms with E-state index in [9.17, 15) is 17.6 Å². The van der Waals surface area contributed by atoms with Crippen LogP contribution in [0.25, 0.3) is 11.1 Å². The van der Waals surface area contributed by atoms with Gasteiger partial charge in [-0.2, -0.15) is 8.78 Å². The highest BCUT2D eigenvalue weighted by Gasteiger charge is 2.27. The first-order chi connectivity index (χ1) is 16.9. The quantitative estimate of drug-likeness (QED) is 0.237. The van der Waals surface area contributed by atoms with Crippen LogP contribution in [0.3, 0.4) is 0 Å². The fourth-order valence-corrected chi connectivity index (χ4v) is 4.57. The summed E-state index contributed by atoms with van der Waals surface area (Å²) in [5, 5.41) is 0. The lowest BCUT2D eigenvalue weighted by Gasteiger charge is -2.29. The Balaban J connectivity index is 1.36. The maximum atomic E-state index is 15.0. The topological polar surface area (TPSA) is 18.5 Å². The molecule has 0 radical (unpaired) electrons. The second-order valence-corrected chi connectivity index (χ2v) is 9.01. The van der Waals surface area contributed by atoms with Crippen molar-refractivity contribution in [1.29, 1.82) is 0 Å². The molecule has 1 saturated carbocycles. The van der Waals surface area contributed by atoms with Crippen LogP contribution in [0.2, 0.25) is 0 Å². The number of halogens is 4. The van der Waals surface area contributed by atoms with Crippen molar-refractivity contribution in [3.8, 4) is 22.6 Å². The molecular formula is C29H28F4O2. The van der Waals surface area contributed by atoms with Crippen LogP contribution in [0.15, 0.2) is 61.2 Å². The van der Waals surface area contributed by atoms with Gasteiger partial charge in [0.15, 0.2) is 23.1 Å². The summed E-state index contributed by atoms with van der Waals surface area (Å²) in [6, 6.07) is 13.3. The summed E-state index contributed by atoms with van der Waals surface area (Å²) in [5.41, 5.74) is 2.34. The average molecular weight is 485 g/mol. The Kier molecular flexibility index (Phi) is 7.79. The molecule has 3 aromatic carbocycles. The molecule has 1 aliphatic carbocycles. The van der Waals surface area contributed by atoms with Gasteiger partial charge < -0.3 is 9.47 Å². The molecule has 1 fully saturated rings. The van der Waals surface area contributed by atoms with Gasteiger partial charge in [-0.25, -0.2) is 8.78 Å². The van der Waals surface area contributed by atoms with E-state index < -0.39 is 23.3 Å². The molecule has 35 heavy (non-hydrogen) atoms. The second-order valence-electron chi connectivity index (χ2n) is 9.01. The molecule has 2 nitrogen and oxygen atoms in total. The van der Waals surface area contributed by atoms with Gasteiger partial charge in [0.25, 0.3) is 0 Å². The summed E-state index contributed by atoms with van der Waals surface area (Å²) in [4.78, 5) is 0. The van der Waals surface area contributed by atoms with E-state index in [1.165, 1.54) is 18.2 Å². The zero-order valence-electron chi connectivity index (χ0n) is 19.6. The maximum absolute atomic E-state index is 15.0. The summed E-state index contributed by atoms with van der Waals surface area (Å²) in [7, 11) is 0. The fraction of sp³-hybridized carbons (Fsp3) is 0.310. The number of rotatable bonds is 8. The van der Waals surface area contributed by atoms with Crippen LogP contribution < -0.4 is 9.47 Å². The standard InChI is InChI=1S/C29H28F4O2/c1-3-16-34-24-14-15-25(29(33)28(24)32)35-17-19-6-10-21(11-7-19)23-13-12-22(26(30)27(23)31)20-8-4-18(2)5-9-20/h3-5,8-9,12-15,19,21H,1,6-7,10-11,16-17H2,2H3. The molecule has 0 saturated heterocycles. The van der Waals surface area contributed by atoms with Crippen molar-refractivity contribution < 1.29 is 27.0 Å². The number of aryl methyl sites for hydroxylation is 1. The predicted molar refractivity (Wildman–Crippen MR) is 129 cm³/mol. The first-order valence-corrected chi connectivity index (χ1v) is 11.8. The first kappa shape index (κ1) is 24.8. The third kappa shape index (κ3) is 5.53. The number of ether oxygens (including phenoxy) is 2. The van der Waals surface area contributed by atoms with Crippen molar-refractivity contribution in [1.82, 2.24) is 0 Å². The molecule has 0 unspecified atom stereocenters. The van der Waals surface area contributed by atoms with Crippen molar-refractivity contribution in [3.63, 3.8) is 0 Å². The molecule has 4 rings (SSSR count). The van der Waals surface area contributed by atoms with Crippen LogP contribution in [0.5, 0.6) is 11.5 Å². The van der Waals surface area contributed by atoms with Crippen molar-refractivity contribution in [2.24, 2.45) is 5.92 Å². The molecule has 3 aromatic rings. The van der Waals surface area contributed by atoms with Gasteiger partial charge in [0.2, 0.25) is 11.6 Å². The van der Waals surface area contributed by atoms with Crippen LogP contribution in [-0.2, 0) is 0 Å². The van der Waals surface area contributed by atoms with Gasteiger partial charge in [0.05, 0.1) is 6.61 Å². The van der Waals surface area contributed by atoms with Crippen LogP contribution >= 0.6 is 0 Å². The number of hydrogen-bond acceptors (Lipinski definition) is 2. The van der Waals surface area contributed by atoms with E-state index in [1.807, 2.05) is 19.1 Å². The van der Waals surface area contributed by atoms with Gasteiger partial charge in [0.1, 0.15) is 6.61 Å². The Morgan fingerprint density at radius 2 is 1.40 bits per heavy atom. The van der Waals surface area contributed by atoms with Crippen LogP contribution in [0.1, 0.15) is 42.7 Å². The molecule has 0 spiro atoms. The van der Waals surface area contributed by atoms with Gasteiger partial charge in [-0.15, -0.1) is 0 Å². The molecule has 0 amide bonds. The third-order valence-corrected chi connectivity index (χ3v) is 6.60. The van der Waals surface area contributed by atoms with Crippen molar-refractivity contribution >= 4 is 0 Å². The first-order valence-electron chi connectivity index (χ1n) is 11.8. The smallest absolute Gasteiger partial charge is 0.204 e. The molecule has 0 atom stereocenters. The molecule has 0 heterocycles. The SMILES string of the molecule is C=CCOc1ccc(OCC2CCC(c3ccc(-c4ccc(C)cc4)c(F)c3F)CC2)c(F)c1F. The van der Waals surface area contributed by atoms with Crippen LogP contribution in [-0.4, -0.2) is 13.2 Å². The average Bonchev–Trinajstić information content (AvgIpc) is 2.87. The fourth-order valence-electron chi connectivity index (χ4n) is 4.57. The lowest BCUT2D eigenvalue weighted by Crippen LogP contribution is -2.20. The summed E-state index contributed by atoms with van der Waals surface area (Å²) < 4.78 is 68.9. The summed E-state index contributed by atoms with van der Waals surface area (Å²) in [6.45, 7) is 5.70. The Morgan fingerprint density at radius 1 is 0.771 bits per heavy atom. The molecule has 0 bridgehead atoms. The third-order valence-electron chi connectivity index (χ3n) is 6.60. The summed E-state index contributed by atoms with van der Waals surface area (Å²) >= 11 is 0. The van der Waals surface area contributed by atoms with E-state index in [0.717, 1.165) is 18.4 Å². The van der Waals surface area contributed by atoms with E-state index in [4.69, 9.17) is 9.47 Å². The Bertz CT molecular complexity index is 1180. The van der Waals surface area contributed by atoms with E-state index >= 15 is 0 Å².